The Hall–Kier alpha value is -3.86. The fourth-order valence-corrected chi connectivity index (χ4v) is 5.68. The first kappa shape index (κ1) is 27.7. The summed E-state index contributed by atoms with van der Waals surface area (Å²) in [7, 11) is 0. The van der Waals surface area contributed by atoms with E-state index in [4.69, 9.17) is 10.5 Å². The van der Waals surface area contributed by atoms with E-state index < -0.39 is 24.3 Å². The molecule has 4 N–H and O–H groups in total. The first-order valence-corrected chi connectivity index (χ1v) is 13.2. The molecule has 3 heterocycles. The number of benzene rings is 2. The number of hydrogen-bond acceptors (Lipinski definition) is 7. The normalized spacial score (nSPS) is 19.5. The Morgan fingerprint density at radius 1 is 1.15 bits per heavy atom. The Morgan fingerprint density at radius 2 is 1.85 bits per heavy atom. The number of aromatic nitrogens is 2. The topological polar surface area (TPSA) is 114 Å². The molecule has 5 rings (SSSR count). The van der Waals surface area contributed by atoms with Crippen molar-refractivity contribution in [3.63, 3.8) is 0 Å². The number of aryl methyl sites for hydroxylation is 1. The zero-order valence-corrected chi connectivity index (χ0v) is 22.3. The molecule has 2 atom stereocenters. The van der Waals surface area contributed by atoms with E-state index in [0.29, 0.717) is 31.9 Å². The molecule has 0 bridgehead atoms. The van der Waals surface area contributed by atoms with Crippen LogP contribution in [0.25, 0.3) is 11.1 Å². The number of nitrogens with zero attached hydrogens (tertiary/aromatic N) is 3. The second kappa shape index (κ2) is 10.6. The molecule has 1 aromatic heterocycles. The highest BCUT2D eigenvalue weighted by Crippen LogP contribution is 2.41. The predicted molar refractivity (Wildman–Crippen MR) is 145 cm³/mol. The van der Waals surface area contributed by atoms with E-state index in [1.54, 1.807) is 12.1 Å². The number of piperidine rings is 1. The minimum Gasteiger partial charge on any atom is -0.480 e. The van der Waals surface area contributed by atoms with Gasteiger partial charge in [0.1, 0.15) is 11.9 Å². The Morgan fingerprint density at radius 3 is 2.48 bits per heavy atom. The lowest BCUT2D eigenvalue weighted by molar-refractivity contribution is -0.198. The molecule has 2 aromatic carbocycles. The van der Waals surface area contributed by atoms with E-state index in [0.717, 1.165) is 35.1 Å². The quantitative estimate of drug-likeness (QED) is 0.387. The van der Waals surface area contributed by atoms with Crippen molar-refractivity contribution in [3.05, 3.63) is 65.2 Å². The summed E-state index contributed by atoms with van der Waals surface area (Å²) in [5, 5.41) is 12.4. The lowest BCUT2D eigenvalue weighted by Crippen LogP contribution is -2.41. The lowest BCUT2D eigenvalue weighted by Gasteiger charge is -2.39. The summed E-state index contributed by atoms with van der Waals surface area (Å²) in [4.78, 5) is 21.5. The van der Waals surface area contributed by atoms with Gasteiger partial charge in [0.2, 0.25) is 17.9 Å². The first-order chi connectivity index (χ1) is 18.9. The molecule has 3 aromatic rings. The SMILES string of the molecule is Cc1cccc(-c2ccc([C@@H](Oc3cc(N4CCC5(CC4)CN[C@H](C(=O)O)C5)nc(N)n3)C(F)(F)F)cc2)c1C. The summed E-state index contributed by atoms with van der Waals surface area (Å²) in [5.41, 5.74) is 9.64. The molecule has 0 unspecified atom stereocenters. The number of nitrogens with one attached hydrogen (secondary N) is 1. The van der Waals surface area contributed by atoms with Crippen LogP contribution >= 0.6 is 0 Å². The van der Waals surface area contributed by atoms with Crippen molar-refractivity contribution in [3.8, 4) is 17.0 Å². The molecular weight excluding hydrogens is 523 g/mol. The van der Waals surface area contributed by atoms with Gasteiger partial charge in [-0.15, -0.1) is 0 Å². The summed E-state index contributed by atoms with van der Waals surface area (Å²) < 4.78 is 48.0. The van der Waals surface area contributed by atoms with Crippen LogP contribution in [0, 0.1) is 19.3 Å². The molecule has 2 aliphatic heterocycles. The van der Waals surface area contributed by atoms with Gasteiger partial charge in [0.15, 0.2) is 0 Å². The van der Waals surface area contributed by atoms with Gasteiger partial charge in [0.05, 0.1) is 0 Å². The van der Waals surface area contributed by atoms with Gasteiger partial charge in [0, 0.05) is 31.3 Å². The van der Waals surface area contributed by atoms with Gasteiger partial charge < -0.3 is 25.8 Å². The number of alkyl halides is 3. The molecule has 40 heavy (non-hydrogen) atoms. The number of carboxylic acid groups (broad SMARTS) is 1. The summed E-state index contributed by atoms with van der Waals surface area (Å²) in [6, 6.07) is 12.8. The van der Waals surface area contributed by atoms with Crippen molar-refractivity contribution >= 4 is 17.7 Å². The van der Waals surface area contributed by atoms with Crippen LogP contribution in [-0.4, -0.2) is 52.9 Å². The van der Waals surface area contributed by atoms with Crippen molar-refractivity contribution < 1.29 is 27.8 Å². The third-order valence-electron chi connectivity index (χ3n) is 8.18. The highest BCUT2D eigenvalue weighted by atomic mass is 19.4. The molecule has 0 radical (unpaired) electrons. The van der Waals surface area contributed by atoms with Gasteiger partial charge in [-0.2, -0.15) is 23.1 Å². The van der Waals surface area contributed by atoms with Crippen LogP contribution in [0.15, 0.2) is 48.5 Å². The Labute approximate surface area is 230 Å². The van der Waals surface area contributed by atoms with Gasteiger partial charge in [-0.3, -0.25) is 4.79 Å². The molecule has 0 amide bonds. The zero-order chi connectivity index (χ0) is 28.7. The second-order valence-electron chi connectivity index (χ2n) is 10.8. The van der Waals surface area contributed by atoms with Crippen molar-refractivity contribution in [2.24, 2.45) is 5.41 Å². The van der Waals surface area contributed by atoms with Gasteiger partial charge in [0.25, 0.3) is 0 Å². The highest BCUT2D eigenvalue weighted by Gasteiger charge is 2.45. The largest absolute Gasteiger partial charge is 0.480 e. The van der Waals surface area contributed by atoms with E-state index in [1.165, 1.54) is 18.2 Å². The number of nitrogen functional groups attached to an aromatic ring is 1. The van der Waals surface area contributed by atoms with Gasteiger partial charge in [-0.1, -0.05) is 42.5 Å². The van der Waals surface area contributed by atoms with Crippen molar-refractivity contribution in [1.29, 1.82) is 0 Å². The van der Waals surface area contributed by atoms with Crippen molar-refractivity contribution in [2.75, 3.05) is 30.3 Å². The molecule has 11 heteroatoms. The maximum absolute atomic E-state index is 14.2. The number of rotatable bonds is 6. The Balaban J connectivity index is 1.33. The summed E-state index contributed by atoms with van der Waals surface area (Å²) in [6.45, 7) is 5.72. The molecule has 2 saturated heterocycles. The summed E-state index contributed by atoms with van der Waals surface area (Å²) in [5.74, 6) is -0.933. The smallest absolute Gasteiger partial charge is 0.429 e. The standard InChI is InChI=1S/C29H32F3N5O3/c1-17-4-3-5-21(18(17)2)19-6-8-20(9-7-19)25(29(30,31)32)40-24-14-23(35-27(33)36-24)37-12-10-28(11-13-37)15-22(26(38)39)34-16-28/h3-9,14,22,25,34H,10-13,15-16H2,1-2H3,(H,38,39)(H2,33,35,36)/t22-,25+/m0/s1. The van der Waals surface area contributed by atoms with Crippen molar-refractivity contribution in [2.45, 2.75) is 51.4 Å². The fraction of sp³-hybridized carbons (Fsp3) is 0.414. The molecule has 0 saturated carbocycles. The Bertz CT molecular complexity index is 1390. The van der Waals surface area contributed by atoms with Gasteiger partial charge in [-0.05, 0) is 60.8 Å². The average molecular weight is 556 g/mol. The molecular formula is C29H32F3N5O3. The average Bonchev–Trinajstić information content (AvgIpc) is 3.32. The summed E-state index contributed by atoms with van der Waals surface area (Å²) >= 11 is 0. The molecule has 212 valence electrons. The van der Waals surface area contributed by atoms with Crippen LogP contribution in [0.2, 0.25) is 0 Å². The van der Waals surface area contributed by atoms with E-state index in [1.807, 2.05) is 36.9 Å². The van der Waals surface area contributed by atoms with Crippen LogP contribution in [-0.2, 0) is 4.79 Å². The number of hydrogen-bond donors (Lipinski definition) is 3. The van der Waals surface area contributed by atoms with Crippen LogP contribution in [0.1, 0.15) is 42.1 Å². The lowest BCUT2D eigenvalue weighted by atomic mass is 9.76. The number of carbonyl (C=O) groups is 1. The Kier molecular flexibility index (Phi) is 7.34. The highest BCUT2D eigenvalue weighted by molar-refractivity contribution is 5.74. The summed E-state index contributed by atoms with van der Waals surface area (Å²) in [6.07, 6.45) is -4.95. The number of anilines is 2. The van der Waals surface area contributed by atoms with Crippen LogP contribution in [0.3, 0.4) is 0 Å². The predicted octanol–water partition coefficient (Wildman–Crippen LogP) is 5.06. The van der Waals surface area contributed by atoms with E-state index in [2.05, 4.69) is 15.3 Å². The molecule has 2 fully saturated rings. The monoisotopic (exact) mass is 555 g/mol. The third kappa shape index (κ3) is 5.70. The molecule has 2 aliphatic rings. The number of carboxylic acids is 1. The van der Waals surface area contributed by atoms with Crippen molar-refractivity contribution in [1.82, 2.24) is 15.3 Å². The first-order valence-electron chi connectivity index (χ1n) is 13.2. The van der Waals surface area contributed by atoms with E-state index in [9.17, 15) is 23.1 Å². The van der Waals surface area contributed by atoms with Gasteiger partial charge >= 0.3 is 12.1 Å². The zero-order valence-electron chi connectivity index (χ0n) is 22.3. The minimum absolute atomic E-state index is 0.0538. The fourth-order valence-electron chi connectivity index (χ4n) is 5.68. The number of aliphatic carboxylic acids is 1. The van der Waals surface area contributed by atoms with E-state index >= 15 is 0 Å². The number of ether oxygens (including phenoxy) is 1. The van der Waals surface area contributed by atoms with Crippen LogP contribution in [0.4, 0.5) is 24.9 Å². The third-order valence-corrected chi connectivity index (χ3v) is 8.18. The number of nitrogens with two attached hydrogens (primary N) is 1. The minimum atomic E-state index is -4.70. The second-order valence-corrected chi connectivity index (χ2v) is 10.8. The van der Waals surface area contributed by atoms with Crippen LogP contribution in [0.5, 0.6) is 5.88 Å². The van der Waals surface area contributed by atoms with Gasteiger partial charge in [-0.25, -0.2) is 0 Å². The molecule has 1 spiro atoms. The molecule has 8 nitrogen and oxygen atoms in total. The van der Waals surface area contributed by atoms with E-state index in [-0.39, 0.29) is 22.8 Å². The number of halogens is 3. The van der Waals surface area contributed by atoms with Crippen LogP contribution < -0.4 is 20.7 Å². The molecule has 0 aliphatic carbocycles. The maximum atomic E-state index is 14.2. The maximum Gasteiger partial charge on any atom is 0.429 e.